The third-order valence-electron chi connectivity index (χ3n) is 2.05. The van der Waals surface area contributed by atoms with Crippen LogP contribution in [0.15, 0.2) is 0 Å². The smallest absolute Gasteiger partial charge is 0.159 e. The molecule has 0 N–H and O–H groups in total. The molecule has 1 nitrogen and oxygen atoms in total. The predicted octanol–water partition coefficient (Wildman–Crippen LogP) is 3.72. The monoisotopic (exact) mass is 225 g/mol. The second kappa shape index (κ2) is 13.9. The summed E-state index contributed by atoms with van der Waals surface area (Å²) in [5, 5.41) is 0.758. The molecular formula is C11H22NaOS. The Morgan fingerprint density at radius 2 is 1.57 bits per heavy atom. The zero-order valence-corrected chi connectivity index (χ0v) is 12.8. The molecule has 0 spiro atoms. The van der Waals surface area contributed by atoms with Crippen LogP contribution >= 0.6 is 12.2 Å². The first kappa shape index (κ1) is 17.3. The van der Waals surface area contributed by atoms with E-state index >= 15 is 0 Å². The quantitative estimate of drug-likeness (QED) is 0.354. The van der Waals surface area contributed by atoms with Gasteiger partial charge in [-0.15, -0.1) is 0 Å². The molecule has 0 saturated heterocycles. The maximum atomic E-state index is 5.33. The van der Waals surface area contributed by atoms with Crippen LogP contribution in [0.2, 0.25) is 0 Å². The average Bonchev–Trinajstić information content (AvgIpc) is 2.16. The van der Waals surface area contributed by atoms with Gasteiger partial charge in [0.25, 0.3) is 0 Å². The molecule has 0 rings (SSSR count). The minimum absolute atomic E-state index is 0. The molecular weight excluding hydrogens is 203 g/mol. The van der Waals surface area contributed by atoms with Gasteiger partial charge in [0.1, 0.15) is 0 Å². The standard InChI is InChI=1S/C11H22OS.Na/c1-3-5-6-7-8-9-10-12-11(13)4-2;/h3-10H2,1-2H3;. The zero-order chi connectivity index (χ0) is 9.94. The summed E-state index contributed by atoms with van der Waals surface area (Å²) in [6, 6.07) is 0. The van der Waals surface area contributed by atoms with E-state index in [-0.39, 0.29) is 29.6 Å². The van der Waals surface area contributed by atoms with Crippen molar-refractivity contribution < 1.29 is 4.74 Å². The summed E-state index contributed by atoms with van der Waals surface area (Å²) >= 11 is 4.95. The first-order chi connectivity index (χ1) is 6.31. The van der Waals surface area contributed by atoms with E-state index in [0.717, 1.165) is 24.5 Å². The Labute approximate surface area is 116 Å². The van der Waals surface area contributed by atoms with Crippen LogP contribution in [0, 0.1) is 0 Å². The Morgan fingerprint density at radius 3 is 2.14 bits per heavy atom. The second-order valence-corrected chi connectivity index (χ2v) is 3.80. The van der Waals surface area contributed by atoms with Gasteiger partial charge in [-0.3, -0.25) is 0 Å². The van der Waals surface area contributed by atoms with Gasteiger partial charge in [0, 0.05) is 36.0 Å². The van der Waals surface area contributed by atoms with Gasteiger partial charge < -0.3 is 4.74 Å². The van der Waals surface area contributed by atoms with Crippen LogP contribution in [0.4, 0.5) is 0 Å². The van der Waals surface area contributed by atoms with Crippen LogP contribution in [-0.4, -0.2) is 41.2 Å². The van der Waals surface area contributed by atoms with E-state index in [2.05, 4.69) is 6.92 Å². The van der Waals surface area contributed by atoms with Gasteiger partial charge in [0.15, 0.2) is 5.05 Å². The molecule has 0 aliphatic heterocycles. The summed E-state index contributed by atoms with van der Waals surface area (Å²) in [4.78, 5) is 0. The van der Waals surface area contributed by atoms with Gasteiger partial charge in [0.2, 0.25) is 0 Å². The number of unbranched alkanes of at least 4 members (excludes halogenated alkanes) is 5. The van der Waals surface area contributed by atoms with Gasteiger partial charge in [-0.1, -0.05) is 46.0 Å². The molecule has 0 amide bonds. The van der Waals surface area contributed by atoms with Crippen LogP contribution in [-0.2, 0) is 4.74 Å². The van der Waals surface area contributed by atoms with E-state index in [0.29, 0.717) is 0 Å². The largest absolute Gasteiger partial charge is 0.487 e. The van der Waals surface area contributed by atoms with Crippen molar-refractivity contribution in [3.05, 3.63) is 0 Å². The molecule has 0 atom stereocenters. The first-order valence-corrected chi connectivity index (χ1v) is 5.87. The van der Waals surface area contributed by atoms with E-state index in [4.69, 9.17) is 17.0 Å². The number of thiocarbonyl (C=S) groups is 1. The van der Waals surface area contributed by atoms with Crippen molar-refractivity contribution in [3.8, 4) is 0 Å². The fourth-order valence-electron chi connectivity index (χ4n) is 1.17. The normalized spacial score (nSPS) is 9.29. The molecule has 14 heavy (non-hydrogen) atoms. The van der Waals surface area contributed by atoms with Crippen LogP contribution in [0.25, 0.3) is 0 Å². The van der Waals surface area contributed by atoms with Gasteiger partial charge in [-0.2, -0.15) is 0 Å². The molecule has 0 unspecified atom stereocenters. The van der Waals surface area contributed by atoms with Crippen LogP contribution in [0.3, 0.4) is 0 Å². The molecule has 79 valence electrons. The Kier molecular flexibility index (Phi) is 17.2. The Balaban J connectivity index is 0. The van der Waals surface area contributed by atoms with Gasteiger partial charge >= 0.3 is 0 Å². The maximum absolute atomic E-state index is 5.33. The fourth-order valence-corrected chi connectivity index (χ4v) is 1.25. The summed E-state index contributed by atoms with van der Waals surface area (Å²) < 4.78 is 5.33. The fraction of sp³-hybridized carbons (Fsp3) is 0.909. The molecule has 0 bridgehead atoms. The molecule has 0 aromatic heterocycles. The van der Waals surface area contributed by atoms with E-state index < -0.39 is 0 Å². The summed E-state index contributed by atoms with van der Waals surface area (Å²) in [6.07, 6.45) is 8.71. The molecule has 1 radical (unpaired) electrons. The Morgan fingerprint density at radius 1 is 1.00 bits per heavy atom. The SMILES string of the molecule is CCCCCCCCOC(=S)CC.[Na]. The van der Waals surface area contributed by atoms with Crippen molar-refractivity contribution in [2.75, 3.05) is 6.61 Å². The Bertz CT molecular complexity index is 128. The van der Waals surface area contributed by atoms with Crippen molar-refractivity contribution in [1.29, 1.82) is 0 Å². The van der Waals surface area contributed by atoms with Crippen molar-refractivity contribution in [2.45, 2.75) is 58.8 Å². The van der Waals surface area contributed by atoms with E-state index in [9.17, 15) is 0 Å². The molecule has 0 aromatic carbocycles. The number of hydrogen-bond donors (Lipinski definition) is 0. The topological polar surface area (TPSA) is 9.23 Å². The zero-order valence-electron chi connectivity index (χ0n) is 9.97. The predicted molar refractivity (Wildman–Crippen MR) is 68.0 cm³/mol. The summed E-state index contributed by atoms with van der Waals surface area (Å²) in [6.45, 7) is 5.09. The number of hydrogen-bond acceptors (Lipinski definition) is 2. The van der Waals surface area contributed by atoms with Crippen molar-refractivity contribution in [3.63, 3.8) is 0 Å². The second-order valence-electron chi connectivity index (χ2n) is 3.34. The van der Waals surface area contributed by atoms with E-state index in [1.54, 1.807) is 0 Å². The molecule has 0 saturated carbocycles. The molecule has 0 aromatic rings. The number of rotatable bonds is 8. The third kappa shape index (κ3) is 12.9. The van der Waals surface area contributed by atoms with Crippen molar-refractivity contribution >= 4 is 46.8 Å². The molecule has 0 aliphatic rings. The summed E-state index contributed by atoms with van der Waals surface area (Å²) in [5.74, 6) is 0. The Hall–Kier alpha value is 0.890. The molecule has 0 aliphatic carbocycles. The molecule has 0 fully saturated rings. The van der Waals surface area contributed by atoms with Crippen molar-refractivity contribution in [2.24, 2.45) is 0 Å². The number of ether oxygens (including phenoxy) is 1. The first-order valence-electron chi connectivity index (χ1n) is 5.46. The maximum Gasteiger partial charge on any atom is 0.159 e. The summed E-state index contributed by atoms with van der Waals surface area (Å²) in [7, 11) is 0. The van der Waals surface area contributed by atoms with Crippen molar-refractivity contribution in [1.82, 2.24) is 0 Å². The summed E-state index contributed by atoms with van der Waals surface area (Å²) in [5.41, 5.74) is 0. The van der Waals surface area contributed by atoms with E-state index in [1.807, 2.05) is 6.92 Å². The molecule has 0 heterocycles. The van der Waals surface area contributed by atoms with Crippen LogP contribution in [0.5, 0.6) is 0 Å². The average molecular weight is 225 g/mol. The third-order valence-corrected chi connectivity index (χ3v) is 2.46. The molecule has 3 heteroatoms. The minimum Gasteiger partial charge on any atom is -0.487 e. The van der Waals surface area contributed by atoms with Gasteiger partial charge in [0.05, 0.1) is 6.61 Å². The minimum atomic E-state index is 0. The van der Waals surface area contributed by atoms with Gasteiger partial charge in [-0.25, -0.2) is 0 Å². The van der Waals surface area contributed by atoms with Gasteiger partial charge in [-0.05, 0) is 18.6 Å². The van der Waals surface area contributed by atoms with Crippen LogP contribution < -0.4 is 0 Å². The van der Waals surface area contributed by atoms with Crippen LogP contribution in [0.1, 0.15) is 58.8 Å². The van der Waals surface area contributed by atoms with E-state index in [1.165, 1.54) is 32.1 Å².